The lowest BCUT2D eigenvalue weighted by Crippen LogP contribution is -2.21. The molecule has 33 heavy (non-hydrogen) atoms. The zero-order valence-electron chi connectivity index (χ0n) is 19.0. The van der Waals surface area contributed by atoms with Crippen molar-refractivity contribution in [2.24, 2.45) is 0 Å². The maximum atomic E-state index is 12.1. The molecule has 0 aromatic heterocycles. The highest BCUT2D eigenvalue weighted by Crippen LogP contribution is 2.12. The summed E-state index contributed by atoms with van der Waals surface area (Å²) < 4.78 is 10.1. The number of esters is 2. The molecular formula is C25H30N2O6. The van der Waals surface area contributed by atoms with Crippen LogP contribution in [-0.2, 0) is 23.9 Å². The van der Waals surface area contributed by atoms with Crippen LogP contribution in [0.3, 0.4) is 0 Å². The standard InChI is InChI=1S/C25H30N2O6/c1-3-4-16-32-25(31)19-10-14-21(15-11-19)26-22(28)6-5-7-24(30)33-17-23(29)27-20-12-8-18(2)9-13-20/h8-15H,3-7,16-17H2,1-2H3,(H,26,28)(H,27,29). The van der Waals surface area contributed by atoms with Gasteiger partial charge in [-0.05, 0) is 56.2 Å². The van der Waals surface area contributed by atoms with Crippen molar-refractivity contribution >= 4 is 35.1 Å². The van der Waals surface area contributed by atoms with Crippen LogP contribution < -0.4 is 10.6 Å². The number of rotatable bonds is 12. The lowest BCUT2D eigenvalue weighted by molar-refractivity contribution is -0.147. The van der Waals surface area contributed by atoms with Crippen LogP contribution >= 0.6 is 0 Å². The molecule has 0 saturated carbocycles. The Bertz CT molecular complexity index is 938. The molecule has 2 aromatic rings. The van der Waals surface area contributed by atoms with Crippen molar-refractivity contribution in [1.82, 2.24) is 0 Å². The van der Waals surface area contributed by atoms with Crippen molar-refractivity contribution in [3.63, 3.8) is 0 Å². The van der Waals surface area contributed by atoms with Gasteiger partial charge >= 0.3 is 11.9 Å². The highest BCUT2D eigenvalue weighted by atomic mass is 16.5. The molecule has 0 spiro atoms. The zero-order chi connectivity index (χ0) is 24.1. The van der Waals surface area contributed by atoms with E-state index in [-0.39, 0.29) is 31.8 Å². The quantitative estimate of drug-likeness (QED) is 0.367. The molecule has 2 amide bonds. The maximum absolute atomic E-state index is 12.1. The van der Waals surface area contributed by atoms with E-state index in [9.17, 15) is 19.2 Å². The summed E-state index contributed by atoms with van der Waals surface area (Å²) in [5, 5.41) is 5.35. The number of unbranched alkanes of at least 4 members (excludes halogenated alkanes) is 1. The number of hydrogen-bond acceptors (Lipinski definition) is 6. The van der Waals surface area contributed by atoms with E-state index in [1.165, 1.54) is 0 Å². The molecule has 0 unspecified atom stereocenters. The van der Waals surface area contributed by atoms with E-state index in [2.05, 4.69) is 10.6 Å². The second kappa shape index (κ2) is 13.7. The number of benzene rings is 2. The molecule has 8 heteroatoms. The number of anilines is 2. The van der Waals surface area contributed by atoms with Crippen LogP contribution in [0.4, 0.5) is 11.4 Å². The first kappa shape index (κ1) is 25.6. The fourth-order valence-electron chi connectivity index (χ4n) is 2.75. The van der Waals surface area contributed by atoms with E-state index in [1.54, 1.807) is 36.4 Å². The Labute approximate surface area is 193 Å². The summed E-state index contributed by atoms with van der Waals surface area (Å²) in [6.07, 6.45) is 2.18. The number of carbonyl (C=O) groups is 4. The van der Waals surface area contributed by atoms with Gasteiger partial charge < -0.3 is 20.1 Å². The maximum Gasteiger partial charge on any atom is 0.338 e. The number of carbonyl (C=O) groups excluding carboxylic acids is 4. The van der Waals surface area contributed by atoms with Crippen molar-refractivity contribution in [3.8, 4) is 0 Å². The number of amides is 2. The Morgan fingerprint density at radius 1 is 0.758 bits per heavy atom. The van der Waals surface area contributed by atoms with Crippen molar-refractivity contribution in [3.05, 3.63) is 59.7 Å². The number of hydrogen-bond donors (Lipinski definition) is 2. The molecule has 0 saturated heterocycles. The van der Waals surface area contributed by atoms with Gasteiger partial charge in [-0.25, -0.2) is 4.79 Å². The third kappa shape index (κ3) is 9.99. The van der Waals surface area contributed by atoms with Gasteiger partial charge in [-0.1, -0.05) is 31.0 Å². The molecule has 0 aliphatic rings. The van der Waals surface area contributed by atoms with E-state index in [4.69, 9.17) is 9.47 Å². The van der Waals surface area contributed by atoms with Crippen LogP contribution in [0.15, 0.2) is 48.5 Å². The zero-order valence-corrected chi connectivity index (χ0v) is 19.0. The first-order chi connectivity index (χ1) is 15.9. The van der Waals surface area contributed by atoms with Gasteiger partial charge in [-0.2, -0.15) is 0 Å². The van der Waals surface area contributed by atoms with Gasteiger partial charge in [0.2, 0.25) is 5.91 Å². The molecule has 2 N–H and O–H groups in total. The second-order valence-electron chi connectivity index (χ2n) is 7.54. The summed E-state index contributed by atoms with van der Waals surface area (Å²) in [6, 6.07) is 13.7. The Morgan fingerprint density at radius 3 is 2.00 bits per heavy atom. The average Bonchev–Trinajstić information content (AvgIpc) is 2.80. The Morgan fingerprint density at radius 2 is 1.36 bits per heavy atom. The van der Waals surface area contributed by atoms with Crippen molar-refractivity contribution < 1.29 is 28.7 Å². The predicted molar refractivity (Wildman–Crippen MR) is 125 cm³/mol. The molecule has 0 atom stereocenters. The van der Waals surface area contributed by atoms with E-state index in [0.717, 1.165) is 18.4 Å². The van der Waals surface area contributed by atoms with Crippen molar-refractivity contribution in [2.75, 3.05) is 23.8 Å². The van der Waals surface area contributed by atoms with Gasteiger partial charge in [-0.15, -0.1) is 0 Å². The average molecular weight is 455 g/mol. The summed E-state index contributed by atoms with van der Waals surface area (Å²) in [4.78, 5) is 47.6. The minimum Gasteiger partial charge on any atom is -0.462 e. The minimum atomic E-state index is -0.548. The van der Waals surface area contributed by atoms with Crippen LogP contribution in [0.2, 0.25) is 0 Å². The van der Waals surface area contributed by atoms with Gasteiger partial charge in [0, 0.05) is 24.2 Å². The van der Waals surface area contributed by atoms with Gasteiger partial charge in [-0.3, -0.25) is 14.4 Å². The molecule has 2 rings (SSSR count). The summed E-state index contributed by atoms with van der Waals surface area (Å²) in [5.41, 5.74) is 2.65. The van der Waals surface area contributed by atoms with Crippen LogP contribution in [0.1, 0.15) is 54.9 Å². The fourth-order valence-corrected chi connectivity index (χ4v) is 2.75. The van der Waals surface area contributed by atoms with Gasteiger partial charge in [0.25, 0.3) is 5.91 Å². The van der Waals surface area contributed by atoms with Crippen LogP contribution in [0.5, 0.6) is 0 Å². The van der Waals surface area contributed by atoms with Crippen LogP contribution in [0.25, 0.3) is 0 Å². The lowest BCUT2D eigenvalue weighted by atomic mass is 10.2. The van der Waals surface area contributed by atoms with E-state index < -0.39 is 17.8 Å². The highest BCUT2D eigenvalue weighted by molar-refractivity contribution is 5.94. The molecule has 8 nitrogen and oxygen atoms in total. The molecule has 0 fully saturated rings. The Balaban J connectivity index is 1.63. The Hall–Kier alpha value is -3.68. The first-order valence-electron chi connectivity index (χ1n) is 11.0. The topological polar surface area (TPSA) is 111 Å². The molecule has 0 bridgehead atoms. The molecule has 0 heterocycles. The lowest BCUT2D eigenvalue weighted by Gasteiger charge is -2.08. The predicted octanol–water partition coefficient (Wildman–Crippen LogP) is 4.24. The molecule has 0 aliphatic heterocycles. The normalized spacial score (nSPS) is 10.2. The summed E-state index contributed by atoms with van der Waals surface area (Å²) >= 11 is 0. The van der Waals surface area contributed by atoms with Crippen LogP contribution in [-0.4, -0.2) is 37.0 Å². The first-order valence-corrected chi connectivity index (χ1v) is 11.0. The molecule has 0 aliphatic carbocycles. The molecular weight excluding hydrogens is 424 g/mol. The summed E-state index contributed by atoms with van der Waals surface area (Å²) in [7, 11) is 0. The van der Waals surface area contributed by atoms with E-state index in [1.807, 2.05) is 26.0 Å². The Kier molecular flexibility index (Phi) is 10.6. The third-order valence-electron chi connectivity index (χ3n) is 4.62. The third-order valence-corrected chi connectivity index (χ3v) is 4.62. The number of nitrogens with one attached hydrogen (secondary N) is 2. The van der Waals surface area contributed by atoms with Crippen LogP contribution in [0, 0.1) is 6.92 Å². The van der Waals surface area contributed by atoms with E-state index >= 15 is 0 Å². The summed E-state index contributed by atoms with van der Waals surface area (Å²) in [5.74, 6) is -1.64. The molecule has 176 valence electrons. The minimum absolute atomic E-state index is 0.0216. The van der Waals surface area contributed by atoms with Crippen molar-refractivity contribution in [2.45, 2.75) is 46.0 Å². The number of aryl methyl sites for hydroxylation is 1. The molecule has 0 radical (unpaired) electrons. The second-order valence-corrected chi connectivity index (χ2v) is 7.54. The van der Waals surface area contributed by atoms with Crippen molar-refractivity contribution in [1.29, 1.82) is 0 Å². The number of ether oxygens (including phenoxy) is 2. The molecule has 2 aromatic carbocycles. The largest absolute Gasteiger partial charge is 0.462 e. The monoisotopic (exact) mass is 454 g/mol. The SMILES string of the molecule is CCCCOC(=O)c1ccc(NC(=O)CCCC(=O)OCC(=O)Nc2ccc(C)cc2)cc1. The van der Waals surface area contributed by atoms with Gasteiger partial charge in [0.1, 0.15) is 0 Å². The highest BCUT2D eigenvalue weighted by Gasteiger charge is 2.11. The smallest absolute Gasteiger partial charge is 0.338 e. The van der Waals surface area contributed by atoms with E-state index in [0.29, 0.717) is 23.5 Å². The fraction of sp³-hybridized carbons (Fsp3) is 0.360. The van der Waals surface area contributed by atoms with Gasteiger partial charge in [0.15, 0.2) is 6.61 Å². The summed E-state index contributed by atoms with van der Waals surface area (Å²) in [6.45, 7) is 3.96. The van der Waals surface area contributed by atoms with Gasteiger partial charge in [0.05, 0.1) is 12.2 Å².